The van der Waals surface area contributed by atoms with Crippen LogP contribution in [0, 0.1) is 5.92 Å². The predicted molar refractivity (Wildman–Crippen MR) is 55.5 cm³/mol. The smallest absolute Gasteiger partial charge is 0.168 e. The summed E-state index contributed by atoms with van der Waals surface area (Å²) in [6.45, 7) is 3.90. The summed E-state index contributed by atoms with van der Waals surface area (Å²) in [6.07, 6.45) is 6.28. The molecule has 15 heavy (non-hydrogen) atoms. The van der Waals surface area contributed by atoms with Crippen molar-refractivity contribution in [3.63, 3.8) is 0 Å². The van der Waals surface area contributed by atoms with Crippen LogP contribution >= 0.6 is 0 Å². The lowest BCUT2D eigenvalue weighted by Crippen LogP contribution is -2.50. The van der Waals surface area contributed by atoms with Gasteiger partial charge in [-0.2, -0.15) is 0 Å². The lowest BCUT2D eigenvalue weighted by Gasteiger charge is -2.46. The van der Waals surface area contributed by atoms with Crippen LogP contribution in [0.2, 0.25) is 0 Å². The highest BCUT2D eigenvalue weighted by Crippen LogP contribution is 2.43. The van der Waals surface area contributed by atoms with Gasteiger partial charge < -0.3 is 14.2 Å². The fourth-order valence-electron chi connectivity index (χ4n) is 3.26. The summed E-state index contributed by atoms with van der Waals surface area (Å²) >= 11 is 0. The number of ether oxygens (including phenoxy) is 3. The van der Waals surface area contributed by atoms with E-state index in [9.17, 15) is 0 Å². The first kappa shape index (κ1) is 10.1. The Kier molecular flexibility index (Phi) is 2.49. The van der Waals surface area contributed by atoms with Gasteiger partial charge in [0.15, 0.2) is 5.79 Å². The van der Waals surface area contributed by atoms with Crippen molar-refractivity contribution in [2.45, 2.75) is 57.0 Å². The standard InChI is InChI=1S/C12H20O3/c1-9-10-3-6-12(5-2-7-14-12)15-11(10)4-8-13-9/h9-11H,2-8H2,1H3. The lowest BCUT2D eigenvalue weighted by atomic mass is 9.83. The molecule has 0 radical (unpaired) electrons. The van der Waals surface area contributed by atoms with E-state index in [-0.39, 0.29) is 5.79 Å². The predicted octanol–water partition coefficient (Wildman–Crippen LogP) is 2.10. The van der Waals surface area contributed by atoms with Gasteiger partial charge >= 0.3 is 0 Å². The molecule has 1 spiro atoms. The Morgan fingerprint density at radius 1 is 1.13 bits per heavy atom. The second-order valence-corrected chi connectivity index (χ2v) is 5.09. The van der Waals surface area contributed by atoms with Crippen LogP contribution in [0.3, 0.4) is 0 Å². The number of rotatable bonds is 0. The van der Waals surface area contributed by atoms with Crippen LogP contribution in [0.4, 0.5) is 0 Å². The zero-order chi connectivity index (χ0) is 10.3. The summed E-state index contributed by atoms with van der Waals surface area (Å²) in [5.41, 5.74) is 0. The van der Waals surface area contributed by atoms with E-state index >= 15 is 0 Å². The van der Waals surface area contributed by atoms with E-state index in [4.69, 9.17) is 14.2 Å². The van der Waals surface area contributed by atoms with E-state index in [0.29, 0.717) is 18.1 Å². The third-order valence-electron chi connectivity index (χ3n) is 4.16. The number of hydrogen-bond acceptors (Lipinski definition) is 3. The third-order valence-corrected chi connectivity index (χ3v) is 4.16. The molecule has 0 aliphatic carbocycles. The van der Waals surface area contributed by atoms with E-state index in [1.54, 1.807) is 0 Å². The van der Waals surface area contributed by atoms with Crippen LogP contribution in [0.5, 0.6) is 0 Å². The molecule has 0 saturated carbocycles. The minimum absolute atomic E-state index is 0.210. The number of hydrogen-bond donors (Lipinski definition) is 0. The molecular formula is C12H20O3. The molecule has 0 amide bonds. The van der Waals surface area contributed by atoms with Gasteiger partial charge in [0.2, 0.25) is 0 Å². The fraction of sp³-hybridized carbons (Fsp3) is 1.00. The number of fused-ring (bicyclic) bond motifs is 1. The first-order valence-electron chi connectivity index (χ1n) is 6.22. The summed E-state index contributed by atoms with van der Waals surface area (Å²) in [6, 6.07) is 0. The fourth-order valence-corrected chi connectivity index (χ4v) is 3.26. The van der Waals surface area contributed by atoms with Crippen molar-refractivity contribution in [3.8, 4) is 0 Å². The van der Waals surface area contributed by atoms with Gasteiger partial charge in [0.1, 0.15) is 0 Å². The maximum absolute atomic E-state index is 6.21. The molecule has 86 valence electrons. The van der Waals surface area contributed by atoms with Gasteiger partial charge in [-0.15, -0.1) is 0 Å². The molecule has 3 saturated heterocycles. The topological polar surface area (TPSA) is 27.7 Å². The molecule has 4 atom stereocenters. The first-order chi connectivity index (χ1) is 7.29. The van der Waals surface area contributed by atoms with E-state index in [2.05, 4.69) is 6.92 Å². The van der Waals surface area contributed by atoms with Crippen molar-refractivity contribution in [2.75, 3.05) is 13.2 Å². The quantitative estimate of drug-likeness (QED) is 0.615. The highest BCUT2D eigenvalue weighted by Gasteiger charge is 2.47. The monoisotopic (exact) mass is 212 g/mol. The van der Waals surface area contributed by atoms with Gasteiger partial charge in [-0.1, -0.05) is 0 Å². The van der Waals surface area contributed by atoms with Crippen molar-refractivity contribution < 1.29 is 14.2 Å². The Morgan fingerprint density at radius 3 is 2.87 bits per heavy atom. The summed E-state index contributed by atoms with van der Waals surface area (Å²) < 4.78 is 17.7. The minimum Gasteiger partial charge on any atom is -0.378 e. The summed E-state index contributed by atoms with van der Waals surface area (Å²) in [4.78, 5) is 0. The Bertz CT molecular complexity index is 235. The molecule has 0 N–H and O–H groups in total. The second kappa shape index (κ2) is 3.72. The van der Waals surface area contributed by atoms with E-state index in [0.717, 1.165) is 38.9 Å². The van der Waals surface area contributed by atoms with E-state index in [1.807, 2.05) is 0 Å². The molecule has 3 aliphatic heterocycles. The average Bonchev–Trinajstić information content (AvgIpc) is 2.66. The normalized spacial score (nSPS) is 50.6. The Labute approximate surface area is 91.1 Å². The molecule has 3 nitrogen and oxygen atoms in total. The average molecular weight is 212 g/mol. The van der Waals surface area contributed by atoms with Crippen LogP contribution in [-0.4, -0.2) is 31.2 Å². The van der Waals surface area contributed by atoms with E-state index in [1.165, 1.54) is 6.42 Å². The molecule has 3 heteroatoms. The maximum atomic E-state index is 6.21. The molecule has 3 fully saturated rings. The van der Waals surface area contributed by atoms with Crippen LogP contribution < -0.4 is 0 Å². The highest BCUT2D eigenvalue weighted by molar-refractivity contribution is 4.90. The molecule has 3 aliphatic rings. The largest absolute Gasteiger partial charge is 0.378 e. The first-order valence-corrected chi connectivity index (χ1v) is 6.22. The second-order valence-electron chi connectivity index (χ2n) is 5.09. The van der Waals surface area contributed by atoms with Gasteiger partial charge in [0, 0.05) is 25.4 Å². The Balaban J connectivity index is 1.72. The zero-order valence-electron chi connectivity index (χ0n) is 9.41. The van der Waals surface area contributed by atoms with Crippen molar-refractivity contribution >= 4 is 0 Å². The van der Waals surface area contributed by atoms with Gasteiger partial charge in [-0.25, -0.2) is 0 Å². The van der Waals surface area contributed by atoms with Crippen molar-refractivity contribution in [3.05, 3.63) is 0 Å². The Hall–Kier alpha value is -0.120. The molecule has 0 aromatic rings. The zero-order valence-corrected chi connectivity index (χ0v) is 9.41. The van der Waals surface area contributed by atoms with Crippen molar-refractivity contribution in [1.29, 1.82) is 0 Å². The van der Waals surface area contributed by atoms with Gasteiger partial charge in [0.05, 0.1) is 18.8 Å². The Morgan fingerprint density at radius 2 is 2.07 bits per heavy atom. The lowest BCUT2D eigenvalue weighted by molar-refractivity contribution is -0.291. The van der Waals surface area contributed by atoms with Crippen LogP contribution in [0.15, 0.2) is 0 Å². The minimum atomic E-state index is -0.210. The molecule has 0 aromatic heterocycles. The summed E-state index contributed by atoms with van der Waals surface area (Å²) in [5, 5.41) is 0. The SMILES string of the molecule is CC1OCCC2OC3(CCCO3)CCC12. The van der Waals surface area contributed by atoms with Crippen molar-refractivity contribution in [2.24, 2.45) is 5.92 Å². The van der Waals surface area contributed by atoms with Crippen LogP contribution in [-0.2, 0) is 14.2 Å². The third kappa shape index (κ3) is 1.71. The van der Waals surface area contributed by atoms with Crippen molar-refractivity contribution in [1.82, 2.24) is 0 Å². The van der Waals surface area contributed by atoms with Crippen LogP contribution in [0.25, 0.3) is 0 Å². The molecule has 0 bridgehead atoms. The molecule has 4 unspecified atom stereocenters. The summed E-state index contributed by atoms with van der Waals surface area (Å²) in [7, 11) is 0. The van der Waals surface area contributed by atoms with Gasteiger partial charge in [0.25, 0.3) is 0 Å². The summed E-state index contributed by atoms with van der Waals surface area (Å²) in [5.74, 6) is 0.381. The molecule has 3 rings (SSSR count). The molecular weight excluding hydrogens is 192 g/mol. The molecule has 0 aromatic carbocycles. The van der Waals surface area contributed by atoms with E-state index < -0.39 is 0 Å². The van der Waals surface area contributed by atoms with Gasteiger partial charge in [-0.05, 0) is 26.2 Å². The highest BCUT2D eigenvalue weighted by atomic mass is 16.7. The van der Waals surface area contributed by atoms with Gasteiger partial charge in [-0.3, -0.25) is 0 Å². The van der Waals surface area contributed by atoms with Crippen LogP contribution in [0.1, 0.15) is 39.0 Å². The molecule has 3 heterocycles. The maximum Gasteiger partial charge on any atom is 0.168 e.